The molecule has 0 unspecified atom stereocenters. The Morgan fingerprint density at radius 1 is 1.35 bits per heavy atom. The van der Waals surface area contributed by atoms with Crippen LogP contribution in [-0.4, -0.2) is 26.8 Å². The quantitative estimate of drug-likeness (QED) is 0.840. The lowest BCUT2D eigenvalue weighted by atomic mass is 10.2. The molecule has 2 aromatic rings. The van der Waals surface area contributed by atoms with Crippen LogP contribution in [0.1, 0.15) is 25.8 Å². The van der Waals surface area contributed by atoms with Crippen LogP contribution >= 0.6 is 15.9 Å². The fourth-order valence-corrected chi connectivity index (χ4v) is 2.34. The second-order valence-corrected chi connectivity index (χ2v) is 5.13. The van der Waals surface area contributed by atoms with Crippen molar-refractivity contribution >= 4 is 21.9 Å². The summed E-state index contributed by atoms with van der Waals surface area (Å²) < 4.78 is 8.21. The van der Waals surface area contributed by atoms with Crippen molar-refractivity contribution in [3.63, 3.8) is 0 Å². The maximum atomic E-state index is 5.49. The smallest absolute Gasteiger partial charge is 0.243 e. The van der Waals surface area contributed by atoms with Gasteiger partial charge in [-0.3, -0.25) is 0 Å². The second-order valence-electron chi connectivity index (χ2n) is 4.28. The Balaban J connectivity index is 2.00. The van der Waals surface area contributed by atoms with Gasteiger partial charge in [0, 0.05) is 13.1 Å². The van der Waals surface area contributed by atoms with E-state index < -0.39 is 0 Å². The van der Waals surface area contributed by atoms with Gasteiger partial charge in [-0.2, -0.15) is 0 Å². The molecule has 0 saturated carbocycles. The second kappa shape index (κ2) is 7.23. The van der Waals surface area contributed by atoms with Crippen LogP contribution in [0.25, 0.3) is 0 Å². The minimum absolute atomic E-state index is 0.655. The molecule has 0 radical (unpaired) electrons. The van der Waals surface area contributed by atoms with E-state index in [1.807, 2.05) is 25.1 Å². The molecule has 0 aliphatic heterocycles. The SMILES string of the molecule is CCCn1nnnc1NCc1ccc(OCC)c(Br)c1. The van der Waals surface area contributed by atoms with Crippen molar-refractivity contribution in [2.75, 3.05) is 11.9 Å². The van der Waals surface area contributed by atoms with Crippen LogP contribution in [0.4, 0.5) is 5.95 Å². The Labute approximate surface area is 126 Å². The summed E-state index contributed by atoms with van der Waals surface area (Å²) in [6.07, 6.45) is 0.994. The third kappa shape index (κ3) is 3.69. The number of nitrogens with zero attached hydrogens (tertiary/aromatic N) is 4. The van der Waals surface area contributed by atoms with Gasteiger partial charge in [0.15, 0.2) is 0 Å². The highest BCUT2D eigenvalue weighted by molar-refractivity contribution is 9.10. The first-order chi connectivity index (χ1) is 9.74. The number of ether oxygens (including phenoxy) is 1. The molecule has 0 bridgehead atoms. The largest absolute Gasteiger partial charge is 0.493 e. The molecule has 108 valence electrons. The monoisotopic (exact) mass is 339 g/mol. The highest BCUT2D eigenvalue weighted by Crippen LogP contribution is 2.26. The van der Waals surface area contributed by atoms with E-state index in [4.69, 9.17) is 4.74 Å². The van der Waals surface area contributed by atoms with Crippen LogP contribution in [-0.2, 0) is 13.1 Å². The molecular formula is C13H18BrN5O. The highest BCUT2D eigenvalue weighted by Gasteiger charge is 2.06. The van der Waals surface area contributed by atoms with E-state index >= 15 is 0 Å². The van der Waals surface area contributed by atoms with E-state index in [-0.39, 0.29) is 0 Å². The van der Waals surface area contributed by atoms with Crippen molar-refractivity contribution in [3.8, 4) is 5.75 Å². The molecule has 1 N–H and O–H groups in total. The molecule has 0 amide bonds. The zero-order valence-electron chi connectivity index (χ0n) is 11.6. The Hall–Kier alpha value is -1.63. The number of hydrogen-bond acceptors (Lipinski definition) is 5. The summed E-state index contributed by atoms with van der Waals surface area (Å²) >= 11 is 3.51. The topological polar surface area (TPSA) is 64.9 Å². The van der Waals surface area contributed by atoms with E-state index in [9.17, 15) is 0 Å². The van der Waals surface area contributed by atoms with E-state index in [1.54, 1.807) is 4.68 Å². The third-order valence-electron chi connectivity index (χ3n) is 2.71. The zero-order valence-corrected chi connectivity index (χ0v) is 13.2. The van der Waals surface area contributed by atoms with Crippen molar-refractivity contribution in [2.45, 2.75) is 33.4 Å². The van der Waals surface area contributed by atoms with Gasteiger partial charge >= 0.3 is 0 Å². The van der Waals surface area contributed by atoms with E-state index in [0.717, 1.165) is 28.8 Å². The number of tetrazole rings is 1. The molecule has 0 atom stereocenters. The predicted molar refractivity (Wildman–Crippen MR) is 80.7 cm³/mol. The maximum absolute atomic E-state index is 5.49. The number of benzene rings is 1. The van der Waals surface area contributed by atoms with Crippen LogP contribution in [0.15, 0.2) is 22.7 Å². The van der Waals surface area contributed by atoms with Gasteiger partial charge in [-0.15, -0.1) is 0 Å². The van der Waals surface area contributed by atoms with Crippen LogP contribution in [0.5, 0.6) is 5.75 Å². The lowest BCUT2D eigenvalue weighted by Crippen LogP contribution is -2.08. The molecule has 7 heteroatoms. The fourth-order valence-electron chi connectivity index (χ4n) is 1.80. The van der Waals surface area contributed by atoms with E-state index in [0.29, 0.717) is 19.1 Å². The standard InChI is InChI=1S/C13H18BrN5O/c1-3-7-19-13(16-17-18-19)15-9-10-5-6-12(20-4-2)11(14)8-10/h5-6,8H,3-4,7,9H2,1-2H3,(H,15,16,18). The van der Waals surface area contributed by atoms with Gasteiger partial charge in [-0.05, 0) is 57.4 Å². The van der Waals surface area contributed by atoms with Gasteiger partial charge < -0.3 is 10.1 Å². The normalized spacial score (nSPS) is 10.6. The first kappa shape index (κ1) is 14.8. The maximum Gasteiger partial charge on any atom is 0.243 e. The van der Waals surface area contributed by atoms with Crippen molar-refractivity contribution in [1.29, 1.82) is 0 Å². The number of nitrogens with one attached hydrogen (secondary N) is 1. The van der Waals surface area contributed by atoms with E-state index in [1.165, 1.54) is 0 Å². The number of aryl methyl sites for hydroxylation is 1. The van der Waals surface area contributed by atoms with Gasteiger partial charge in [0.05, 0.1) is 11.1 Å². The first-order valence-corrected chi connectivity index (χ1v) is 7.45. The Kier molecular flexibility index (Phi) is 5.34. The lowest BCUT2D eigenvalue weighted by molar-refractivity contribution is 0.338. The zero-order chi connectivity index (χ0) is 14.4. The summed E-state index contributed by atoms with van der Waals surface area (Å²) in [5.41, 5.74) is 1.13. The highest BCUT2D eigenvalue weighted by atomic mass is 79.9. The predicted octanol–water partition coefficient (Wildman–Crippen LogP) is 2.86. The number of rotatable bonds is 7. The molecular weight excluding hydrogens is 322 g/mol. The summed E-state index contributed by atoms with van der Waals surface area (Å²) in [6, 6.07) is 6.02. The summed E-state index contributed by atoms with van der Waals surface area (Å²) in [6.45, 7) is 6.18. The molecule has 1 aromatic carbocycles. The molecule has 6 nitrogen and oxygen atoms in total. The molecule has 0 fully saturated rings. The minimum Gasteiger partial charge on any atom is -0.493 e. The number of hydrogen-bond donors (Lipinski definition) is 1. The summed E-state index contributed by atoms with van der Waals surface area (Å²) in [5, 5.41) is 14.8. The lowest BCUT2D eigenvalue weighted by Gasteiger charge is -2.09. The number of anilines is 1. The van der Waals surface area contributed by atoms with Crippen LogP contribution in [0.2, 0.25) is 0 Å². The molecule has 0 aliphatic rings. The van der Waals surface area contributed by atoms with Crippen molar-refractivity contribution in [2.24, 2.45) is 0 Å². The van der Waals surface area contributed by atoms with Gasteiger partial charge in [0.2, 0.25) is 5.95 Å². The summed E-state index contributed by atoms with van der Waals surface area (Å²) in [4.78, 5) is 0. The van der Waals surface area contributed by atoms with Gasteiger partial charge in [0.25, 0.3) is 0 Å². The van der Waals surface area contributed by atoms with Crippen LogP contribution < -0.4 is 10.1 Å². The molecule has 0 spiro atoms. The van der Waals surface area contributed by atoms with Gasteiger partial charge in [0.1, 0.15) is 5.75 Å². The summed E-state index contributed by atoms with van der Waals surface area (Å²) in [5.74, 6) is 1.55. The summed E-state index contributed by atoms with van der Waals surface area (Å²) in [7, 11) is 0. The van der Waals surface area contributed by atoms with Crippen LogP contribution in [0, 0.1) is 0 Å². The van der Waals surface area contributed by atoms with E-state index in [2.05, 4.69) is 43.7 Å². The Morgan fingerprint density at radius 3 is 2.90 bits per heavy atom. The van der Waals surface area contributed by atoms with Crippen LogP contribution in [0.3, 0.4) is 0 Å². The molecule has 20 heavy (non-hydrogen) atoms. The molecule has 1 heterocycles. The Bertz CT molecular complexity index is 557. The fraction of sp³-hybridized carbons (Fsp3) is 0.462. The van der Waals surface area contributed by atoms with Gasteiger partial charge in [-0.25, -0.2) is 4.68 Å². The molecule has 0 aliphatic carbocycles. The minimum atomic E-state index is 0.655. The molecule has 1 aromatic heterocycles. The average molecular weight is 340 g/mol. The third-order valence-corrected chi connectivity index (χ3v) is 3.33. The Morgan fingerprint density at radius 2 is 2.20 bits per heavy atom. The van der Waals surface area contributed by atoms with Crippen molar-refractivity contribution in [3.05, 3.63) is 28.2 Å². The number of halogens is 1. The van der Waals surface area contributed by atoms with Crippen molar-refractivity contribution in [1.82, 2.24) is 20.2 Å². The molecule has 2 rings (SSSR count). The van der Waals surface area contributed by atoms with Crippen molar-refractivity contribution < 1.29 is 4.74 Å². The first-order valence-electron chi connectivity index (χ1n) is 6.65. The number of aromatic nitrogens is 4. The molecule has 0 saturated heterocycles. The average Bonchev–Trinajstić information content (AvgIpc) is 2.87. The van der Waals surface area contributed by atoms with Gasteiger partial charge in [-0.1, -0.05) is 18.1 Å².